The Labute approximate surface area is 114 Å². The molecule has 0 saturated carbocycles. The lowest BCUT2D eigenvalue weighted by Gasteiger charge is -2.41. The van der Waals surface area contributed by atoms with Crippen molar-refractivity contribution in [3.05, 3.63) is 0 Å². The van der Waals surface area contributed by atoms with Crippen molar-refractivity contribution in [2.75, 3.05) is 20.3 Å². The second kappa shape index (κ2) is 8.84. The molecule has 3 N–H and O–H groups in total. The molecule has 19 heavy (non-hydrogen) atoms. The molecule has 0 bridgehead atoms. The van der Waals surface area contributed by atoms with Gasteiger partial charge in [-0.2, -0.15) is 0 Å². The van der Waals surface area contributed by atoms with E-state index in [-0.39, 0.29) is 6.61 Å². The number of aliphatic hydroxyl groups is 3. The van der Waals surface area contributed by atoms with Crippen LogP contribution in [0, 0.1) is 0 Å². The van der Waals surface area contributed by atoms with Gasteiger partial charge in [-0.15, -0.1) is 0 Å². The van der Waals surface area contributed by atoms with Gasteiger partial charge in [0.2, 0.25) is 0 Å². The van der Waals surface area contributed by atoms with Gasteiger partial charge in [-0.1, -0.05) is 26.2 Å². The van der Waals surface area contributed by atoms with Crippen molar-refractivity contribution >= 4 is 0 Å². The van der Waals surface area contributed by atoms with Crippen molar-refractivity contribution in [1.29, 1.82) is 0 Å². The van der Waals surface area contributed by atoms with Crippen LogP contribution in [0.1, 0.15) is 32.6 Å². The maximum absolute atomic E-state index is 10.00. The van der Waals surface area contributed by atoms with E-state index in [0.29, 0.717) is 6.61 Å². The molecular weight excluding hydrogens is 252 g/mol. The summed E-state index contributed by atoms with van der Waals surface area (Å²) in [5.74, 6) is 0. The van der Waals surface area contributed by atoms with Crippen LogP contribution in [0.4, 0.5) is 0 Å². The molecule has 1 fully saturated rings. The third-order valence-corrected chi connectivity index (χ3v) is 3.36. The second-order valence-electron chi connectivity index (χ2n) is 4.84. The van der Waals surface area contributed by atoms with Crippen LogP contribution in [0.3, 0.4) is 0 Å². The zero-order valence-corrected chi connectivity index (χ0v) is 11.7. The minimum Gasteiger partial charge on any atom is -0.394 e. The largest absolute Gasteiger partial charge is 0.394 e. The number of rotatable bonds is 8. The van der Waals surface area contributed by atoms with Crippen molar-refractivity contribution in [3.8, 4) is 0 Å². The molecule has 5 atom stereocenters. The van der Waals surface area contributed by atoms with Crippen LogP contribution in [-0.4, -0.2) is 66.3 Å². The maximum atomic E-state index is 10.00. The fourth-order valence-electron chi connectivity index (χ4n) is 2.20. The minimum absolute atomic E-state index is 0.288. The van der Waals surface area contributed by atoms with Crippen LogP contribution < -0.4 is 0 Å². The van der Waals surface area contributed by atoms with Gasteiger partial charge in [0.15, 0.2) is 6.29 Å². The van der Waals surface area contributed by atoms with Crippen LogP contribution in [0.2, 0.25) is 0 Å². The summed E-state index contributed by atoms with van der Waals surface area (Å²) >= 11 is 0. The average Bonchev–Trinajstić information content (AvgIpc) is 2.43. The van der Waals surface area contributed by atoms with Crippen molar-refractivity contribution in [3.63, 3.8) is 0 Å². The molecule has 1 heterocycles. The summed E-state index contributed by atoms with van der Waals surface area (Å²) in [5, 5.41) is 29.1. The van der Waals surface area contributed by atoms with Crippen LogP contribution in [-0.2, 0) is 14.2 Å². The first-order chi connectivity index (χ1) is 9.15. The van der Waals surface area contributed by atoms with Crippen LogP contribution >= 0.6 is 0 Å². The monoisotopic (exact) mass is 278 g/mol. The molecule has 6 nitrogen and oxygen atoms in total. The molecular formula is C13H26O6. The lowest BCUT2D eigenvalue weighted by atomic mass is 9.99. The standard InChI is InChI=1S/C13H26O6/c1-3-4-5-6-7-18-12-9(8-14)19-13(17-2)11(16)10(12)15/h9-16H,3-8H2,1-2H3/t9-,10-,11-,12-,13+/m1/s1. The van der Waals surface area contributed by atoms with E-state index >= 15 is 0 Å². The highest BCUT2D eigenvalue weighted by atomic mass is 16.7. The Morgan fingerprint density at radius 1 is 1.11 bits per heavy atom. The molecule has 1 rings (SSSR count). The Hall–Kier alpha value is -0.240. The van der Waals surface area contributed by atoms with Crippen LogP contribution in [0.25, 0.3) is 0 Å². The molecule has 1 aliphatic rings. The highest BCUT2D eigenvalue weighted by Gasteiger charge is 2.45. The predicted molar refractivity (Wildman–Crippen MR) is 68.7 cm³/mol. The van der Waals surface area contributed by atoms with Crippen molar-refractivity contribution < 1.29 is 29.5 Å². The second-order valence-corrected chi connectivity index (χ2v) is 4.84. The van der Waals surface area contributed by atoms with E-state index in [0.717, 1.165) is 25.7 Å². The molecule has 0 radical (unpaired) electrons. The quantitative estimate of drug-likeness (QED) is 0.543. The molecule has 0 amide bonds. The Balaban J connectivity index is 2.44. The summed E-state index contributed by atoms with van der Waals surface area (Å²) in [7, 11) is 1.38. The van der Waals surface area contributed by atoms with Crippen molar-refractivity contribution in [1.82, 2.24) is 0 Å². The van der Waals surface area contributed by atoms with E-state index < -0.39 is 30.7 Å². The van der Waals surface area contributed by atoms with Gasteiger partial charge in [0.25, 0.3) is 0 Å². The number of aliphatic hydroxyl groups excluding tert-OH is 3. The molecule has 1 saturated heterocycles. The fourth-order valence-corrected chi connectivity index (χ4v) is 2.20. The zero-order valence-electron chi connectivity index (χ0n) is 11.7. The lowest BCUT2D eigenvalue weighted by molar-refractivity contribution is -0.301. The minimum atomic E-state index is -1.17. The van der Waals surface area contributed by atoms with E-state index in [1.807, 2.05) is 0 Å². The molecule has 0 unspecified atom stereocenters. The summed E-state index contributed by atoms with van der Waals surface area (Å²) in [6.45, 7) is 2.32. The van der Waals surface area contributed by atoms with Crippen molar-refractivity contribution in [2.24, 2.45) is 0 Å². The third-order valence-electron chi connectivity index (χ3n) is 3.36. The summed E-state index contributed by atoms with van der Waals surface area (Å²) in [5.41, 5.74) is 0. The molecule has 6 heteroatoms. The molecule has 0 aromatic rings. The Morgan fingerprint density at radius 3 is 2.42 bits per heavy atom. The fraction of sp³-hybridized carbons (Fsp3) is 1.00. The summed E-state index contributed by atoms with van der Waals surface area (Å²) in [6.07, 6.45) is -0.412. The Kier molecular flexibility index (Phi) is 7.82. The summed E-state index contributed by atoms with van der Waals surface area (Å²) < 4.78 is 15.8. The molecule has 0 aromatic heterocycles. The highest BCUT2D eigenvalue weighted by Crippen LogP contribution is 2.24. The summed E-state index contributed by atoms with van der Waals surface area (Å²) in [4.78, 5) is 0. The van der Waals surface area contributed by atoms with Gasteiger partial charge in [0.1, 0.15) is 24.4 Å². The van der Waals surface area contributed by atoms with Gasteiger partial charge in [-0.05, 0) is 6.42 Å². The number of hydrogen-bond donors (Lipinski definition) is 3. The van der Waals surface area contributed by atoms with Gasteiger partial charge in [0, 0.05) is 13.7 Å². The van der Waals surface area contributed by atoms with Crippen LogP contribution in [0.5, 0.6) is 0 Å². The van der Waals surface area contributed by atoms with Gasteiger partial charge in [-0.25, -0.2) is 0 Å². The number of methoxy groups -OCH3 is 1. The van der Waals surface area contributed by atoms with E-state index in [2.05, 4.69) is 6.92 Å². The van der Waals surface area contributed by atoms with Crippen molar-refractivity contribution in [2.45, 2.75) is 63.3 Å². The first kappa shape index (κ1) is 16.8. The maximum Gasteiger partial charge on any atom is 0.186 e. The average molecular weight is 278 g/mol. The molecule has 1 aliphatic heterocycles. The van der Waals surface area contributed by atoms with Crippen LogP contribution in [0.15, 0.2) is 0 Å². The third kappa shape index (κ3) is 4.66. The van der Waals surface area contributed by atoms with Gasteiger partial charge in [-0.3, -0.25) is 0 Å². The zero-order chi connectivity index (χ0) is 14.3. The Bertz CT molecular complexity index is 235. The number of hydrogen-bond acceptors (Lipinski definition) is 6. The first-order valence-electron chi connectivity index (χ1n) is 6.92. The Morgan fingerprint density at radius 2 is 1.84 bits per heavy atom. The van der Waals surface area contributed by atoms with Gasteiger partial charge >= 0.3 is 0 Å². The number of ether oxygens (including phenoxy) is 3. The number of unbranched alkanes of at least 4 members (excludes halogenated alkanes) is 3. The predicted octanol–water partition coefficient (Wildman–Crippen LogP) is 0.0373. The molecule has 0 aromatic carbocycles. The van der Waals surface area contributed by atoms with E-state index in [4.69, 9.17) is 14.2 Å². The molecule has 0 aliphatic carbocycles. The summed E-state index contributed by atoms with van der Waals surface area (Å²) in [6, 6.07) is 0. The molecule has 0 spiro atoms. The topological polar surface area (TPSA) is 88.4 Å². The normalized spacial score (nSPS) is 35.5. The smallest absolute Gasteiger partial charge is 0.186 e. The highest BCUT2D eigenvalue weighted by molar-refractivity contribution is 4.90. The first-order valence-corrected chi connectivity index (χ1v) is 6.92. The SMILES string of the molecule is CCCCCCO[C@H]1[C@H](O)[C@@H](O)[C@@H](OC)O[C@@H]1CO. The van der Waals surface area contributed by atoms with E-state index in [9.17, 15) is 15.3 Å². The van der Waals surface area contributed by atoms with Gasteiger partial charge in [0.05, 0.1) is 6.61 Å². The van der Waals surface area contributed by atoms with E-state index in [1.54, 1.807) is 0 Å². The van der Waals surface area contributed by atoms with Gasteiger partial charge < -0.3 is 29.5 Å². The van der Waals surface area contributed by atoms with E-state index in [1.165, 1.54) is 7.11 Å². The molecule has 114 valence electrons. The lowest BCUT2D eigenvalue weighted by Crippen LogP contribution is -2.59.